The van der Waals surface area contributed by atoms with Crippen molar-refractivity contribution in [1.29, 1.82) is 0 Å². The van der Waals surface area contributed by atoms with Gasteiger partial charge in [0.05, 0.1) is 27.7 Å². The fourth-order valence-electron chi connectivity index (χ4n) is 5.17. The molecule has 284 valence electrons. The van der Waals surface area contributed by atoms with Crippen LogP contribution in [-0.2, 0) is 32.7 Å². The second-order valence-corrected chi connectivity index (χ2v) is 15.8. The fraction of sp³-hybridized carbons (Fsp3) is 0.895. The summed E-state index contributed by atoms with van der Waals surface area (Å²) in [5.74, 6) is -0.806. The van der Waals surface area contributed by atoms with Crippen molar-refractivity contribution < 1.29 is 42.1 Å². The standard InChI is InChI=1S/C38H74NO8P/c1-6-8-10-12-14-16-18-19-21-22-24-26-28-30-37(40)44-34-36(35-46-48(42,43)45-33-32-39(3,4)5)47-38(41)31-29-27-25-23-20-17-15-13-11-9-7-2/h13,15,36H,6-12,14,16-35H2,1-5H3/p+1/b15-13+/t36-/m0/s1. The molecule has 9 nitrogen and oxygen atoms in total. The van der Waals surface area contributed by atoms with Crippen molar-refractivity contribution in [1.82, 2.24) is 0 Å². The van der Waals surface area contributed by atoms with E-state index in [1.54, 1.807) is 0 Å². The molecule has 48 heavy (non-hydrogen) atoms. The number of hydrogen-bond donors (Lipinski definition) is 1. The smallest absolute Gasteiger partial charge is 0.462 e. The van der Waals surface area contributed by atoms with Crippen LogP contribution in [0, 0.1) is 0 Å². The summed E-state index contributed by atoms with van der Waals surface area (Å²) in [5.41, 5.74) is 0. The van der Waals surface area contributed by atoms with Crippen LogP contribution in [0.2, 0.25) is 0 Å². The van der Waals surface area contributed by atoms with E-state index in [1.165, 1.54) is 77.0 Å². The number of phosphoric ester groups is 1. The first-order chi connectivity index (χ1) is 23.0. The molecular formula is C38H75NO8P+. The molecule has 0 amide bonds. The Balaban J connectivity index is 4.42. The number of quaternary nitrogens is 1. The van der Waals surface area contributed by atoms with Crippen molar-refractivity contribution in [3.05, 3.63) is 12.2 Å². The Labute approximate surface area is 295 Å². The lowest BCUT2D eigenvalue weighted by Gasteiger charge is -2.24. The molecule has 0 aromatic carbocycles. The molecule has 0 aliphatic carbocycles. The van der Waals surface area contributed by atoms with Crippen molar-refractivity contribution in [3.63, 3.8) is 0 Å². The van der Waals surface area contributed by atoms with Crippen LogP contribution in [-0.4, -0.2) is 74.9 Å². The van der Waals surface area contributed by atoms with Gasteiger partial charge in [-0.15, -0.1) is 0 Å². The third-order valence-corrected chi connectivity index (χ3v) is 9.28. The Hall–Kier alpha value is -1.25. The molecule has 0 rings (SSSR count). The predicted molar refractivity (Wildman–Crippen MR) is 197 cm³/mol. The molecule has 0 radical (unpaired) electrons. The SMILES string of the molecule is CCCC/C=C/CCCCCCCC(=O)O[C@@H](COC(=O)CCCCCCCCCCCCCCC)COP(=O)(O)OCC[N+](C)(C)C. The van der Waals surface area contributed by atoms with Crippen molar-refractivity contribution in [2.24, 2.45) is 0 Å². The van der Waals surface area contributed by atoms with E-state index in [9.17, 15) is 19.0 Å². The highest BCUT2D eigenvalue weighted by molar-refractivity contribution is 7.47. The molecule has 10 heteroatoms. The van der Waals surface area contributed by atoms with Gasteiger partial charge in [0, 0.05) is 12.8 Å². The monoisotopic (exact) mass is 705 g/mol. The van der Waals surface area contributed by atoms with Crippen LogP contribution >= 0.6 is 7.82 Å². The summed E-state index contributed by atoms with van der Waals surface area (Å²) in [7, 11) is 1.48. The molecule has 0 heterocycles. The van der Waals surface area contributed by atoms with Gasteiger partial charge in [-0.25, -0.2) is 4.57 Å². The first-order valence-corrected chi connectivity index (χ1v) is 20.9. The minimum Gasteiger partial charge on any atom is -0.462 e. The fourth-order valence-corrected chi connectivity index (χ4v) is 5.91. The number of rotatable bonds is 35. The molecule has 0 saturated carbocycles. The minimum absolute atomic E-state index is 0.0327. The number of unbranched alkanes of at least 4 members (excludes halogenated alkanes) is 19. The average molecular weight is 705 g/mol. The number of hydrogen-bond acceptors (Lipinski definition) is 7. The number of carbonyl (C=O) groups is 2. The Morgan fingerprint density at radius 3 is 1.60 bits per heavy atom. The average Bonchev–Trinajstić information content (AvgIpc) is 3.02. The van der Waals surface area contributed by atoms with E-state index in [2.05, 4.69) is 26.0 Å². The summed E-state index contributed by atoms with van der Waals surface area (Å²) in [5, 5.41) is 0. The molecule has 0 spiro atoms. The predicted octanol–water partition coefficient (Wildman–Crippen LogP) is 10.2. The Morgan fingerprint density at radius 2 is 1.08 bits per heavy atom. The van der Waals surface area contributed by atoms with E-state index in [0.717, 1.165) is 57.8 Å². The van der Waals surface area contributed by atoms with Crippen molar-refractivity contribution >= 4 is 19.8 Å². The summed E-state index contributed by atoms with van der Waals surface area (Å²) in [4.78, 5) is 35.1. The maximum Gasteiger partial charge on any atom is 0.472 e. The largest absolute Gasteiger partial charge is 0.472 e. The molecular weight excluding hydrogens is 629 g/mol. The normalized spacial score (nSPS) is 13.9. The van der Waals surface area contributed by atoms with Gasteiger partial charge in [0.15, 0.2) is 6.10 Å². The molecule has 0 saturated heterocycles. The lowest BCUT2D eigenvalue weighted by atomic mass is 10.0. The van der Waals surface area contributed by atoms with Crippen molar-refractivity contribution in [2.45, 2.75) is 174 Å². The molecule has 0 aliphatic heterocycles. The van der Waals surface area contributed by atoms with E-state index in [4.69, 9.17) is 18.5 Å². The highest BCUT2D eigenvalue weighted by atomic mass is 31.2. The summed E-state index contributed by atoms with van der Waals surface area (Å²) >= 11 is 0. The molecule has 0 aromatic heterocycles. The number of likely N-dealkylation sites (N-methyl/N-ethyl adjacent to an activating group) is 1. The molecule has 0 aliphatic rings. The summed E-state index contributed by atoms with van der Waals surface area (Å²) in [6.07, 6.45) is 29.7. The van der Waals surface area contributed by atoms with E-state index in [0.29, 0.717) is 23.9 Å². The highest BCUT2D eigenvalue weighted by Crippen LogP contribution is 2.43. The number of esters is 2. The van der Waals surface area contributed by atoms with Crippen LogP contribution in [0.5, 0.6) is 0 Å². The minimum atomic E-state index is -4.36. The quantitative estimate of drug-likeness (QED) is 0.0228. The summed E-state index contributed by atoms with van der Waals surface area (Å²) < 4.78 is 34.1. The molecule has 1 unspecified atom stereocenters. The zero-order valence-electron chi connectivity index (χ0n) is 31.7. The van der Waals surface area contributed by atoms with E-state index < -0.39 is 26.5 Å². The van der Waals surface area contributed by atoms with Gasteiger partial charge < -0.3 is 18.9 Å². The van der Waals surface area contributed by atoms with Gasteiger partial charge in [-0.1, -0.05) is 135 Å². The zero-order valence-corrected chi connectivity index (χ0v) is 32.6. The van der Waals surface area contributed by atoms with Crippen molar-refractivity contribution in [2.75, 3.05) is 47.5 Å². The van der Waals surface area contributed by atoms with E-state index in [1.807, 2.05) is 21.1 Å². The maximum absolute atomic E-state index is 12.6. The molecule has 0 aromatic rings. The number of ether oxygens (including phenoxy) is 2. The Kier molecular flexibility index (Phi) is 30.9. The van der Waals surface area contributed by atoms with E-state index >= 15 is 0 Å². The number of allylic oxidation sites excluding steroid dienone is 2. The lowest BCUT2D eigenvalue weighted by Crippen LogP contribution is -2.37. The topological polar surface area (TPSA) is 108 Å². The van der Waals surface area contributed by atoms with Crippen LogP contribution in [0.1, 0.15) is 168 Å². The molecule has 0 fully saturated rings. The Morgan fingerprint density at radius 1 is 0.625 bits per heavy atom. The van der Waals surface area contributed by atoms with Gasteiger partial charge >= 0.3 is 19.8 Å². The van der Waals surface area contributed by atoms with Gasteiger partial charge in [-0.05, 0) is 32.1 Å². The number of nitrogens with zero attached hydrogens (tertiary/aromatic N) is 1. The molecule has 2 atom stereocenters. The third kappa shape index (κ3) is 34.6. The zero-order chi connectivity index (χ0) is 35.8. The number of carbonyl (C=O) groups excluding carboxylic acids is 2. The molecule has 0 bridgehead atoms. The van der Waals surface area contributed by atoms with Gasteiger partial charge in [0.1, 0.15) is 19.8 Å². The highest BCUT2D eigenvalue weighted by Gasteiger charge is 2.27. The van der Waals surface area contributed by atoms with Gasteiger partial charge in [0.25, 0.3) is 0 Å². The Bertz CT molecular complexity index is 845. The van der Waals surface area contributed by atoms with Crippen LogP contribution in [0.25, 0.3) is 0 Å². The van der Waals surface area contributed by atoms with E-state index in [-0.39, 0.29) is 25.6 Å². The maximum atomic E-state index is 12.6. The van der Waals surface area contributed by atoms with Crippen LogP contribution in [0.4, 0.5) is 0 Å². The second-order valence-electron chi connectivity index (χ2n) is 14.3. The lowest BCUT2D eigenvalue weighted by molar-refractivity contribution is -0.870. The summed E-state index contributed by atoms with van der Waals surface area (Å²) in [6, 6.07) is 0. The van der Waals surface area contributed by atoms with Gasteiger partial charge in [-0.2, -0.15) is 0 Å². The first-order valence-electron chi connectivity index (χ1n) is 19.4. The number of phosphoric acid groups is 1. The third-order valence-electron chi connectivity index (χ3n) is 8.30. The van der Waals surface area contributed by atoms with Crippen molar-refractivity contribution in [3.8, 4) is 0 Å². The van der Waals surface area contributed by atoms with Crippen LogP contribution < -0.4 is 0 Å². The van der Waals surface area contributed by atoms with Crippen LogP contribution in [0.15, 0.2) is 12.2 Å². The summed E-state index contributed by atoms with van der Waals surface area (Å²) in [6.45, 7) is 4.37. The molecule has 1 N–H and O–H groups in total. The second kappa shape index (κ2) is 31.7. The first kappa shape index (κ1) is 46.8. The van der Waals surface area contributed by atoms with Gasteiger partial charge in [-0.3, -0.25) is 18.6 Å². The van der Waals surface area contributed by atoms with Gasteiger partial charge in [0.2, 0.25) is 0 Å². The van der Waals surface area contributed by atoms with Crippen LogP contribution in [0.3, 0.4) is 0 Å².